The maximum absolute atomic E-state index is 6.93. The first-order valence-electron chi connectivity index (χ1n) is 42.7. The summed E-state index contributed by atoms with van der Waals surface area (Å²) in [5.74, 6) is 1.14. The largest absolute Gasteiger partial charge is 0.437 e. The summed E-state index contributed by atoms with van der Waals surface area (Å²) in [4.78, 5) is 23.7. The van der Waals surface area contributed by atoms with Crippen molar-refractivity contribution in [3.63, 3.8) is 0 Å². The molecule has 0 fully saturated rings. The molecule has 9 heteroatoms. The molecule has 124 heavy (non-hydrogen) atoms. The van der Waals surface area contributed by atoms with Gasteiger partial charge in [-0.25, -0.2) is 15.0 Å². The van der Waals surface area contributed by atoms with Gasteiger partial charge in [-0.2, -0.15) is 4.98 Å². The number of rotatable bonds is 7. The molecule has 0 spiro atoms. The Morgan fingerprint density at radius 1 is 0.234 bits per heavy atom. The molecular formula is C115H68N8O. The Bertz CT molecular complexity index is 9450. The molecule has 0 N–H and O–H groups in total. The van der Waals surface area contributed by atoms with Gasteiger partial charge >= 0.3 is 0 Å². The predicted molar refractivity (Wildman–Crippen MR) is 516 cm³/mol. The van der Waals surface area contributed by atoms with E-state index in [1.165, 1.54) is 97.1 Å². The van der Waals surface area contributed by atoms with E-state index in [2.05, 4.69) is 396 Å². The number of aromatic nitrogens is 8. The Morgan fingerprint density at radius 3 is 1.19 bits per heavy atom. The average molecular weight is 1580 g/mol. The Labute approximate surface area is 708 Å². The third-order valence-corrected chi connectivity index (χ3v) is 27.5. The minimum atomic E-state index is -0.580. The summed E-state index contributed by atoms with van der Waals surface area (Å²) in [5.41, 5.74) is 21.6. The van der Waals surface area contributed by atoms with Crippen LogP contribution in [-0.2, 0) is 5.41 Å². The lowest BCUT2D eigenvalue weighted by atomic mass is 9.84. The maximum atomic E-state index is 6.93. The highest BCUT2D eigenvalue weighted by atomic mass is 16.3. The molecule has 0 amide bonds. The smallest absolute Gasteiger partial charge is 0.238 e. The quantitative estimate of drug-likeness (QED) is 0.148. The second kappa shape index (κ2) is 24.9. The Kier molecular flexibility index (Phi) is 13.6. The summed E-state index contributed by atoms with van der Waals surface area (Å²) in [6, 6.07) is 138. The molecular weight excluding hydrogens is 1510 g/mol. The molecule has 27 aromatic rings. The van der Waals surface area contributed by atoms with E-state index >= 15 is 0 Å². The van der Waals surface area contributed by atoms with Crippen molar-refractivity contribution in [2.45, 2.75) is 19.3 Å². The molecule has 28 rings (SSSR count). The first kappa shape index (κ1) is 67.5. The van der Waals surface area contributed by atoms with E-state index in [-0.39, 0.29) is 0 Å². The molecule has 0 aliphatic heterocycles. The van der Waals surface area contributed by atoms with Crippen LogP contribution in [0.25, 0.3) is 264 Å². The topological polar surface area (TPSA) is 84.4 Å². The third-order valence-electron chi connectivity index (χ3n) is 27.5. The lowest BCUT2D eigenvalue weighted by Gasteiger charge is -2.22. The highest BCUT2D eigenvalue weighted by Crippen LogP contribution is 2.56. The van der Waals surface area contributed by atoms with Gasteiger partial charge in [-0.1, -0.05) is 299 Å². The molecule has 1 aliphatic rings. The number of nitrogens with zero attached hydrogens (tertiary/aromatic N) is 8. The first-order valence-corrected chi connectivity index (χ1v) is 42.7. The van der Waals surface area contributed by atoms with E-state index in [1.54, 1.807) is 0 Å². The summed E-state index contributed by atoms with van der Waals surface area (Å²) >= 11 is 0. The van der Waals surface area contributed by atoms with Crippen molar-refractivity contribution >= 4 is 195 Å². The second-order valence-corrected chi connectivity index (χ2v) is 34.2. The van der Waals surface area contributed by atoms with Crippen molar-refractivity contribution in [2.24, 2.45) is 0 Å². The summed E-state index contributed by atoms with van der Waals surface area (Å²) in [6.45, 7) is 4.73. The molecule has 0 unspecified atom stereocenters. The van der Waals surface area contributed by atoms with Crippen molar-refractivity contribution < 1.29 is 4.42 Å². The Morgan fingerprint density at radius 2 is 0.621 bits per heavy atom. The molecule has 7 aromatic heterocycles. The van der Waals surface area contributed by atoms with E-state index in [0.29, 0.717) is 17.6 Å². The van der Waals surface area contributed by atoms with E-state index in [9.17, 15) is 0 Å². The van der Waals surface area contributed by atoms with Crippen molar-refractivity contribution in [3.05, 3.63) is 387 Å². The average Bonchev–Trinajstić information content (AvgIpc) is 1.51. The fraction of sp³-hybridized carbons (Fsp3) is 0.0261. The van der Waals surface area contributed by atoms with E-state index in [0.717, 1.165) is 160 Å². The molecule has 0 saturated carbocycles. The van der Waals surface area contributed by atoms with Gasteiger partial charge < -0.3 is 13.6 Å². The predicted octanol–water partition coefficient (Wildman–Crippen LogP) is 30.1. The van der Waals surface area contributed by atoms with Crippen LogP contribution in [0.2, 0.25) is 0 Å². The van der Waals surface area contributed by atoms with Crippen LogP contribution in [-0.4, -0.2) is 38.2 Å². The van der Waals surface area contributed by atoms with E-state index < -0.39 is 5.41 Å². The Hall–Kier alpha value is -16.4. The summed E-state index contributed by atoms with van der Waals surface area (Å²) in [5, 5.41) is 30.2. The van der Waals surface area contributed by atoms with Crippen molar-refractivity contribution in [1.82, 2.24) is 38.2 Å². The normalized spacial score (nSPS) is 13.0. The van der Waals surface area contributed by atoms with Crippen LogP contribution in [0.5, 0.6) is 0 Å². The van der Waals surface area contributed by atoms with Crippen LogP contribution in [0.3, 0.4) is 0 Å². The number of furan rings is 1. The van der Waals surface area contributed by atoms with Gasteiger partial charge in [-0.05, 0) is 189 Å². The standard InChI is InChI=1S/C115H68N8O/c1-115(2)91-56-48-68(62-90(91)105-109(69-46-51-82-80-38-19-22-42-92(80)120(98(82)63-69)71-27-5-3-6-28-71)116-113(118-111(105)115)122-94-57-49-65-25-9-11-31-73(65)103(94)107-96(122)59-54-85-77-35-14-13-33-75(77)76-34-17-18-40-84(76)101(85)107)67-45-53-87-89(61-67)79-37-16-15-36-78(79)86-55-60-97-108(102(86)87)104-74-32-12-10-26-66(74)50-58-95(104)123(97)114-117-110(106-88-41-21-24-44-100(88)124-112(106)119-114)70-47-52-83-81-39-20-23-43-93(81)121(99(83)64-70)72-29-7-4-8-30-72/h3-64H,1-2H3. The van der Waals surface area contributed by atoms with Gasteiger partial charge in [0.05, 0.1) is 66.6 Å². The van der Waals surface area contributed by atoms with Crippen LogP contribution in [0, 0.1) is 0 Å². The molecule has 0 radical (unpaired) electrons. The monoisotopic (exact) mass is 1580 g/mol. The minimum absolute atomic E-state index is 0.520. The first-order chi connectivity index (χ1) is 61.3. The van der Waals surface area contributed by atoms with Crippen molar-refractivity contribution in [2.75, 3.05) is 0 Å². The Balaban J connectivity index is 0.675. The van der Waals surface area contributed by atoms with Crippen LogP contribution in [0.1, 0.15) is 25.1 Å². The molecule has 7 heterocycles. The summed E-state index contributed by atoms with van der Waals surface area (Å²) in [7, 11) is 0. The third kappa shape index (κ3) is 9.15. The fourth-order valence-electron chi connectivity index (χ4n) is 22.1. The zero-order chi connectivity index (χ0) is 81.1. The number of hydrogen-bond donors (Lipinski definition) is 0. The maximum Gasteiger partial charge on any atom is 0.238 e. The lowest BCUT2D eigenvalue weighted by molar-refractivity contribution is 0.632. The zero-order valence-electron chi connectivity index (χ0n) is 67.3. The SMILES string of the molecule is CC1(C)c2ccc(-c3ccc4c(c3)c3ccccc3c3ccc5c(c34)c3c4ccccc4ccc3n5-c3nc(-c4ccc5c6ccccc6n(-c6ccccc6)c5c4)c4c(n3)oc3ccccc34)cc2-c2c(-c3ccc4c5ccccc5n(-c5ccccc5)c4c3)nc(-n3c4ccc5ccccc5c4c4c5c6ccccc6c6ccccc6c5ccc43)nc21. The van der Waals surface area contributed by atoms with Crippen LogP contribution in [0.15, 0.2) is 381 Å². The van der Waals surface area contributed by atoms with Crippen molar-refractivity contribution in [1.29, 1.82) is 0 Å². The molecule has 1 aliphatic carbocycles. The molecule has 0 bridgehead atoms. The molecule has 20 aromatic carbocycles. The van der Waals surface area contributed by atoms with E-state index in [4.69, 9.17) is 24.4 Å². The zero-order valence-corrected chi connectivity index (χ0v) is 67.3. The highest BCUT2D eigenvalue weighted by molar-refractivity contribution is 6.40. The molecule has 0 atom stereocenters. The van der Waals surface area contributed by atoms with E-state index in [1.807, 2.05) is 12.1 Å². The van der Waals surface area contributed by atoms with Gasteiger partial charge in [0.2, 0.25) is 17.6 Å². The van der Waals surface area contributed by atoms with Gasteiger partial charge in [0, 0.05) is 92.7 Å². The number of hydrogen-bond acceptors (Lipinski definition) is 5. The van der Waals surface area contributed by atoms with Gasteiger partial charge in [-0.3, -0.25) is 9.13 Å². The van der Waals surface area contributed by atoms with Crippen LogP contribution >= 0.6 is 0 Å². The lowest BCUT2D eigenvalue weighted by Crippen LogP contribution is -2.18. The van der Waals surface area contributed by atoms with Gasteiger partial charge in [0.25, 0.3) is 0 Å². The number of fused-ring (bicyclic) bond motifs is 36. The van der Waals surface area contributed by atoms with Crippen LogP contribution < -0.4 is 0 Å². The van der Waals surface area contributed by atoms with Crippen LogP contribution in [0.4, 0.5) is 0 Å². The summed E-state index contributed by atoms with van der Waals surface area (Å²) in [6.07, 6.45) is 0. The molecule has 0 saturated heterocycles. The highest BCUT2D eigenvalue weighted by Gasteiger charge is 2.41. The van der Waals surface area contributed by atoms with Gasteiger partial charge in [0.15, 0.2) is 0 Å². The molecule has 9 nitrogen and oxygen atoms in total. The number of benzene rings is 20. The van der Waals surface area contributed by atoms with Gasteiger partial charge in [0.1, 0.15) is 5.58 Å². The van der Waals surface area contributed by atoms with Crippen molar-refractivity contribution in [3.8, 4) is 68.0 Å². The van der Waals surface area contributed by atoms with Gasteiger partial charge in [-0.15, -0.1) is 0 Å². The summed E-state index contributed by atoms with van der Waals surface area (Å²) < 4.78 is 16.4. The second-order valence-electron chi connectivity index (χ2n) is 34.2. The molecule has 574 valence electrons. The number of para-hydroxylation sites is 5. The fourth-order valence-corrected chi connectivity index (χ4v) is 22.1. The minimum Gasteiger partial charge on any atom is -0.437 e.